The molecule has 1 N–H and O–H groups in total. The number of nitrogens with zero attached hydrogens (tertiary/aromatic N) is 3. The fourth-order valence-corrected chi connectivity index (χ4v) is 5.41. The molecule has 1 heterocycles. The topological polar surface area (TPSA) is 50.9 Å². The van der Waals surface area contributed by atoms with Gasteiger partial charge >= 0.3 is 0 Å². The van der Waals surface area contributed by atoms with Gasteiger partial charge in [-0.1, -0.05) is 38.3 Å². The number of hydrogen-bond donors (Lipinski definition) is 1. The van der Waals surface area contributed by atoms with Gasteiger partial charge in [-0.15, -0.1) is 10.2 Å². The molecule has 4 nitrogen and oxygen atoms in total. The molecule has 0 amide bonds. The lowest BCUT2D eigenvalue weighted by Gasteiger charge is -2.53. The van der Waals surface area contributed by atoms with Crippen molar-refractivity contribution in [3.05, 3.63) is 30.1 Å². The van der Waals surface area contributed by atoms with E-state index in [1.165, 1.54) is 64.2 Å². The maximum Gasteiger partial charge on any atom is 0.167 e. The van der Waals surface area contributed by atoms with Gasteiger partial charge < -0.3 is 9.67 Å². The molecule has 3 fully saturated rings. The zero-order valence-corrected chi connectivity index (χ0v) is 16.2. The minimum absolute atomic E-state index is 0.191. The smallest absolute Gasteiger partial charge is 0.167 e. The SMILES string of the molecule is CCCCCC12CCC(c3nnc(-c4ccccc4O)n3C)(CC1)CC2. The van der Waals surface area contributed by atoms with Crippen LogP contribution in [0.15, 0.2) is 24.3 Å². The molecule has 2 bridgehead atoms. The number of phenolic OH excluding ortho intramolecular Hbond substituents is 1. The third-order valence-electron chi connectivity index (χ3n) is 7.21. The van der Waals surface area contributed by atoms with E-state index in [4.69, 9.17) is 0 Å². The fraction of sp³-hybridized carbons (Fsp3) is 0.636. The average molecular weight is 354 g/mol. The summed E-state index contributed by atoms with van der Waals surface area (Å²) >= 11 is 0. The number of rotatable bonds is 6. The van der Waals surface area contributed by atoms with Gasteiger partial charge in [0.25, 0.3) is 0 Å². The van der Waals surface area contributed by atoms with Crippen molar-refractivity contribution in [1.29, 1.82) is 0 Å². The van der Waals surface area contributed by atoms with Gasteiger partial charge in [-0.2, -0.15) is 0 Å². The van der Waals surface area contributed by atoms with Gasteiger partial charge in [0.2, 0.25) is 0 Å². The minimum Gasteiger partial charge on any atom is -0.507 e. The number of phenols is 1. The molecule has 0 aliphatic heterocycles. The third-order valence-corrected chi connectivity index (χ3v) is 7.21. The van der Waals surface area contributed by atoms with Crippen molar-refractivity contribution in [2.24, 2.45) is 12.5 Å². The summed E-state index contributed by atoms with van der Waals surface area (Å²) in [4.78, 5) is 0. The van der Waals surface area contributed by atoms with E-state index in [0.29, 0.717) is 5.41 Å². The Bertz CT molecular complexity index is 755. The van der Waals surface area contributed by atoms with Crippen LogP contribution in [0.5, 0.6) is 5.75 Å². The molecular formula is C22H31N3O. The Labute approximate surface area is 156 Å². The molecule has 1 aromatic heterocycles. The largest absolute Gasteiger partial charge is 0.507 e. The Hall–Kier alpha value is -1.84. The number of hydrogen-bond acceptors (Lipinski definition) is 3. The zero-order valence-electron chi connectivity index (χ0n) is 16.2. The molecule has 3 aliphatic rings. The zero-order chi connectivity index (χ0) is 18.2. The maximum atomic E-state index is 10.2. The molecule has 0 radical (unpaired) electrons. The first-order chi connectivity index (χ1) is 12.6. The second-order valence-corrected chi connectivity index (χ2v) is 8.66. The predicted octanol–water partition coefficient (Wildman–Crippen LogP) is 5.36. The van der Waals surface area contributed by atoms with Crippen molar-refractivity contribution < 1.29 is 5.11 Å². The van der Waals surface area contributed by atoms with E-state index >= 15 is 0 Å². The first kappa shape index (κ1) is 17.6. The summed E-state index contributed by atoms with van der Waals surface area (Å²) in [7, 11) is 2.06. The van der Waals surface area contributed by atoms with E-state index in [2.05, 4.69) is 28.7 Å². The molecule has 0 unspecified atom stereocenters. The summed E-state index contributed by atoms with van der Waals surface area (Å²) in [6, 6.07) is 7.41. The highest BCUT2D eigenvalue weighted by atomic mass is 16.3. The van der Waals surface area contributed by atoms with Crippen LogP contribution in [-0.2, 0) is 12.5 Å². The van der Waals surface area contributed by atoms with Gasteiger partial charge in [-0.25, -0.2) is 0 Å². The standard InChI is InChI=1S/C22H31N3O/c1-3-4-7-10-21-11-14-22(15-12-21,16-13-21)20-24-23-19(25(20)2)17-8-5-6-9-18(17)26/h5-6,8-9,26H,3-4,7,10-16H2,1-2H3. The van der Waals surface area contributed by atoms with Crippen LogP contribution in [0.1, 0.15) is 77.0 Å². The van der Waals surface area contributed by atoms with E-state index in [1.807, 2.05) is 18.2 Å². The summed E-state index contributed by atoms with van der Waals surface area (Å²) < 4.78 is 2.13. The van der Waals surface area contributed by atoms with Crippen LogP contribution in [0.2, 0.25) is 0 Å². The Balaban J connectivity index is 1.56. The first-order valence-corrected chi connectivity index (χ1v) is 10.3. The van der Waals surface area contributed by atoms with Crippen molar-refractivity contribution in [2.45, 2.75) is 76.5 Å². The predicted molar refractivity (Wildman–Crippen MR) is 104 cm³/mol. The summed E-state index contributed by atoms with van der Waals surface area (Å²) in [6.07, 6.45) is 13.3. The molecule has 1 aromatic carbocycles. The molecular weight excluding hydrogens is 322 g/mol. The van der Waals surface area contributed by atoms with Gasteiger partial charge in [-0.3, -0.25) is 0 Å². The number of fused-ring (bicyclic) bond motifs is 3. The minimum atomic E-state index is 0.191. The lowest BCUT2D eigenvalue weighted by molar-refractivity contribution is 0.0250. The van der Waals surface area contributed by atoms with Crippen molar-refractivity contribution in [3.63, 3.8) is 0 Å². The Morgan fingerprint density at radius 2 is 1.69 bits per heavy atom. The number of aromatic hydroxyl groups is 1. The van der Waals surface area contributed by atoms with Crippen molar-refractivity contribution in [1.82, 2.24) is 14.8 Å². The molecule has 140 valence electrons. The quantitative estimate of drug-likeness (QED) is 0.711. The molecule has 0 saturated heterocycles. The average Bonchev–Trinajstić information content (AvgIpc) is 3.06. The third kappa shape index (κ3) is 2.83. The summed E-state index contributed by atoms with van der Waals surface area (Å²) in [5.41, 5.74) is 1.57. The molecule has 4 heteroatoms. The highest BCUT2D eigenvalue weighted by molar-refractivity contribution is 5.63. The second-order valence-electron chi connectivity index (χ2n) is 8.66. The van der Waals surface area contributed by atoms with E-state index < -0.39 is 0 Å². The lowest BCUT2D eigenvalue weighted by atomic mass is 9.52. The Morgan fingerprint density at radius 1 is 1.00 bits per heavy atom. The van der Waals surface area contributed by atoms with Crippen LogP contribution in [0.4, 0.5) is 0 Å². The van der Waals surface area contributed by atoms with Gasteiger partial charge in [0.05, 0.1) is 5.56 Å². The van der Waals surface area contributed by atoms with Crippen LogP contribution >= 0.6 is 0 Å². The number of unbranched alkanes of at least 4 members (excludes halogenated alkanes) is 2. The van der Waals surface area contributed by atoms with Crippen LogP contribution in [0, 0.1) is 5.41 Å². The van der Waals surface area contributed by atoms with Gasteiger partial charge in [0, 0.05) is 12.5 Å². The first-order valence-electron chi connectivity index (χ1n) is 10.3. The van der Waals surface area contributed by atoms with Gasteiger partial charge in [0.1, 0.15) is 11.6 Å². The number of aromatic nitrogens is 3. The van der Waals surface area contributed by atoms with Crippen molar-refractivity contribution in [3.8, 4) is 17.1 Å². The highest BCUT2D eigenvalue weighted by Gasteiger charge is 2.51. The van der Waals surface area contributed by atoms with Crippen LogP contribution < -0.4 is 0 Å². The van der Waals surface area contributed by atoms with E-state index in [1.54, 1.807) is 6.07 Å². The summed E-state index contributed by atoms with van der Waals surface area (Å²) in [5, 5.41) is 19.3. The molecule has 2 aromatic rings. The Kier molecular flexibility index (Phi) is 4.54. The molecule has 3 aliphatic carbocycles. The van der Waals surface area contributed by atoms with Crippen LogP contribution in [-0.4, -0.2) is 19.9 Å². The Morgan fingerprint density at radius 3 is 2.35 bits per heavy atom. The molecule has 26 heavy (non-hydrogen) atoms. The normalized spacial score (nSPS) is 27.8. The van der Waals surface area contributed by atoms with E-state index in [0.717, 1.165) is 17.2 Å². The monoisotopic (exact) mass is 353 g/mol. The molecule has 0 atom stereocenters. The van der Waals surface area contributed by atoms with Crippen molar-refractivity contribution in [2.75, 3.05) is 0 Å². The maximum absolute atomic E-state index is 10.2. The second kappa shape index (κ2) is 6.71. The number of para-hydroxylation sites is 1. The van der Waals surface area contributed by atoms with E-state index in [-0.39, 0.29) is 11.2 Å². The lowest BCUT2D eigenvalue weighted by Crippen LogP contribution is -2.45. The molecule has 0 spiro atoms. The fourth-order valence-electron chi connectivity index (χ4n) is 5.41. The molecule has 5 rings (SSSR count). The van der Waals surface area contributed by atoms with Crippen LogP contribution in [0.3, 0.4) is 0 Å². The van der Waals surface area contributed by atoms with E-state index in [9.17, 15) is 5.11 Å². The molecule has 3 saturated carbocycles. The summed E-state index contributed by atoms with van der Waals surface area (Å²) in [6.45, 7) is 2.29. The van der Waals surface area contributed by atoms with Gasteiger partial charge in [-0.05, 0) is 62.5 Å². The number of benzene rings is 1. The van der Waals surface area contributed by atoms with Crippen LogP contribution in [0.25, 0.3) is 11.4 Å². The summed E-state index contributed by atoms with van der Waals surface area (Å²) in [5.74, 6) is 2.17. The van der Waals surface area contributed by atoms with Crippen molar-refractivity contribution >= 4 is 0 Å². The van der Waals surface area contributed by atoms with Gasteiger partial charge in [0.15, 0.2) is 5.82 Å². The highest BCUT2D eigenvalue weighted by Crippen LogP contribution is 2.59.